The SMILES string of the molecule is CC(=O)OC1CCCN(C2CCCc3c2ccc2c3CCc3ccccc3-2)C1. The largest absolute Gasteiger partial charge is 0.461 e. The average Bonchev–Trinajstić information content (AvgIpc) is 2.72. The minimum atomic E-state index is -0.149. The van der Waals surface area contributed by atoms with Gasteiger partial charge in [-0.3, -0.25) is 9.69 Å². The Labute approximate surface area is 167 Å². The molecule has 0 saturated carbocycles. The van der Waals surface area contributed by atoms with Crippen LogP contribution in [0.1, 0.15) is 60.9 Å². The molecular weight excluding hydrogens is 346 g/mol. The highest BCUT2D eigenvalue weighted by atomic mass is 16.5. The quantitative estimate of drug-likeness (QED) is 0.702. The maximum Gasteiger partial charge on any atom is 0.302 e. The van der Waals surface area contributed by atoms with Crippen molar-refractivity contribution < 1.29 is 9.53 Å². The second-order valence-electron chi connectivity index (χ2n) is 8.59. The molecule has 2 aromatic rings. The summed E-state index contributed by atoms with van der Waals surface area (Å²) in [4.78, 5) is 14.0. The Morgan fingerprint density at radius 1 is 0.964 bits per heavy atom. The van der Waals surface area contributed by atoms with Crippen LogP contribution in [0.15, 0.2) is 36.4 Å². The van der Waals surface area contributed by atoms with Gasteiger partial charge in [-0.05, 0) is 84.9 Å². The number of carbonyl (C=O) groups excluding carboxylic acids is 1. The van der Waals surface area contributed by atoms with Gasteiger partial charge in [-0.1, -0.05) is 36.4 Å². The average molecular weight is 376 g/mol. The molecule has 0 amide bonds. The van der Waals surface area contributed by atoms with Crippen LogP contribution < -0.4 is 0 Å². The number of carbonyl (C=O) groups is 1. The third-order valence-electron chi connectivity index (χ3n) is 6.87. The Morgan fingerprint density at radius 2 is 1.86 bits per heavy atom. The van der Waals surface area contributed by atoms with Gasteiger partial charge in [-0.15, -0.1) is 0 Å². The first-order valence-electron chi connectivity index (χ1n) is 10.8. The number of hydrogen-bond acceptors (Lipinski definition) is 3. The van der Waals surface area contributed by atoms with Gasteiger partial charge in [0.1, 0.15) is 6.10 Å². The summed E-state index contributed by atoms with van der Waals surface area (Å²) in [5, 5.41) is 0. The lowest BCUT2D eigenvalue weighted by molar-refractivity contribution is -0.149. The summed E-state index contributed by atoms with van der Waals surface area (Å²) in [6.07, 6.45) is 8.17. The number of benzene rings is 2. The van der Waals surface area contributed by atoms with E-state index in [9.17, 15) is 4.79 Å². The highest BCUT2D eigenvalue weighted by Gasteiger charge is 2.33. The molecule has 1 heterocycles. The fraction of sp³-hybridized carbons (Fsp3) is 0.480. The van der Waals surface area contributed by atoms with E-state index < -0.39 is 0 Å². The number of hydrogen-bond donors (Lipinski definition) is 0. The molecular formula is C25H29NO2. The number of ether oxygens (including phenoxy) is 1. The van der Waals surface area contributed by atoms with Crippen LogP contribution in [0.2, 0.25) is 0 Å². The Bertz CT molecular complexity index is 903. The van der Waals surface area contributed by atoms with Gasteiger partial charge >= 0.3 is 5.97 Å². The number of piperidine rings is 1. The fourth-order valence-electron chi connectivity index (χ4n) is 5.70. The molecule has 2 aromatic carbocycles. The Hall–Kier alpha value is -2.13. The molecule has 0 bridgehead atoms. The summed E-state index contributed by atoms with van der Waals surface area (Å²) in [5.74, 6) is -0.149. The molecule has 0 aromatic heterocycles. The van der Waals surface area contributed by atoms with Crippen LogP contribution >= 0.6 is 0 Å². The van der Waals surface area contributed by atoms with Crippen molar-refractivity contribution in [1.29, 1.82) is 0 Å². The van der Waals surface area contributed by atoms with Crippen LogP contribution in [-0.2, 0) is 28.8 Å². The highest BCUT2D eigenvalue weighted by molar-refractivity contribution is 5.75. The molecule has 3 nitrogen and oxygen atoms in total. The van der Waals surface area contributed by atoms with Gasteiger partial charge in [0.05, 0.1) is 0 Å². The fourth-order valence-corrected chi connectivity index (χ4v) is 5.70. The van der Waals surface area contributed by atoms with Gasteiger partial charge in [-0.2, -0.15) is 0 Å². The molecule has 1 saturated heterocycles. The first-order valence-corrected chi connectivity index (χ1v) is 10.8. The molecule has 2 atom stereocenters. The summed E-state index contributed by atoms with van der Waals surface area (Å²) >= 11 is 0. The maximum atomic E-state index is 11.4. The van der Waals surface area contributed by atoms with Gasteiger partial charge < -0.3 is 4.74 Å². The lowest BCUT2D eigenvalue weighted by Crippen LogP contribution is -2.43. The van der Waals surface area contributed by atoms with Crippen LogP contribution in [0.25, 0.3) is 11.1 Å². The molecule has 3 aliphatic rings. The predicted octanol–water partition coefficient (Wildman–Crippen LogP) is 4.86. The lowest BCUT2D eigenvalue weighted by Gasteiger charge is -2.41. The third-order valence-corrected chi connectivity index (χ3v) is 6.87. The van der Waals surface area contributed by atoms with Gasteiger partial charge in [0.15, 0.2) is 0 Å². The minimum Gasteiger partial charge on any atom is -0.461 e. The van der Waals surface area contributed by atoms with Crippen molar-refractivity contribution in [2.24, 2.45) is 0 Å². The number of rotatable bonds is 2. The molecule has 3 heteroatoms. The zero-order valence-corrected chi connectivity index (χ0v) is 16.7. The van der Waals surface area contributed by atoms with Crippen LogP contribution in [-0.4, -0.2) is 30.1 Å². The van der Waals surface area contributed by atoms with E-state index in [1.165, 1.54) is 48.4 Å². The minimum absolute atomic E-state index is 0.0566. The molecule has 5 rings (SSSR count). The van der Waals surface area contributed by atoms with Crippen molar-refractivity contribution in [3.8, 4) is 11.1 Å². The van der Waals surface area contributed by atoms with Crippen LogP contribution in [0.4, 0.5) is 0 Å². The summed E-state index contributed by atoms with van der Waals surface area (Å²) in [7, 11) is 0. The zero-order chi connectivity index (χ0) is 19.1. The van der Waals surface area contributed by atoms with E-state index in [2.05, 4.69) is 41.3 Å². The number of fused-ring (bicyclic) bond motifs is 5. The highest BCUT2D eigenvalue weighted by Crippen LogP contribution is 2.43. The Balaban J connectivity index is 1.47. The molecule has 28 heavy (non-hydrogen) atoms. The third kappa shape index (κ3) is 3.16. The molecule has 2 unspecified atom stereocenters. The van der Waals surface area contributed by atoms with Gasteiger partial charge in [-0.25, -0.2) is 0 Å². The monoisotopic (exact) mass is 375 g/mol. The van der Waals surface area contributed by atoms with Crippen molar-refractivity contribution in [2.45, 2.75) is 64.0 Å². The normalized spacial score (nSPS) is 24.0. The van der Waals surface area contributed by atoms with E-state index in [-0.39, 0.29) is 12.1 Å². The number of likely N-dealkylation sites (tertiary alicyclic amines) is 1. The Kier molecular flexibility index (Phi) is 4.72. The molecule has 1 fully saturated rings. The van der Waals surface area contributed by atoms with E-state index in [1.54, 1.807) is 11.1 Å². The van der Waals surface area contributed by atoms with Crippen LogP contribution in [0, 0.1) is 0 Å². The lowest BCUT2D eigenvalue weighted by atomic mass is 9.76. The van der Waals surface area contributed by atoms with E-state index in [1.807, 2.05) is 0 Å². The summed E-state index contributed by atoms with van der Waals surface area (Å²) in [5.41, 5.74) is 9.11. The molecule has 0 spiro atoms. The number of aryl methyl sites for hydroxylation is 1. The summed E-state index contributed by atoms with van der Waals surface area (Å²) in [6, 6.07) is 14.1. The second kappa shape index (κ2) is 7.36. The van der Waals surface area contributed by atoms with E-state index in [0.717, 1.165) is 38.8 Å². The van der Waals surface area contributed by atoms with Crippen molar-refractivity contribution in [2.75, 3.05) is 13.1 Å². The number of nitrogens with zero attached hydrogens (tertiary/aromatic N) is 1. The van der Waals surface area contributed by atoms with Gasteiger partial charge in [0, 0.05) is 19.5 Å². The molecule has 0 N–H and O–H groups in total. The summed E-state index contributed by atoms with van der Waals surface area (Å²) in [6.45, 7) is 3.52. The van der Waals surface area contributed by atoms with Crippen LogP contribution in [0.5, 0.6) is 0 Å². The summed E-state index contributed by atoms with van der Waals surface area (Å²) < 4.78 is 5.55. The number of esters is 1. The molecule has 0 radical (unpaired) electrons. The first kappa shape index (κ1) is 17.9. The molecule has 2 aliphatic carbocycles. The molecule has 146 valence electrons. The van der Waals surface area contributed by atoms with Crippen molar-refractivity contribution in [1.82, 2.24) is 4.90 Å². The topological polar surface area (TPSA) is 29.5 Å². The maximum absolute atomic E-state index is 11.4. The van der Waals surface area contributed by atoms with Crippen molar-refractivity contribution in [3.05, 3.63) is 58.7 Å². The van der Waals surface area contributed by atoms with Gasteiger partial charge in [0.25, 0.3) is 0 Å². The van der Waals surface area contributed by atoms with Crippen LogP contribution in [0.3, 0.4) is 0 Å². The smallest absolute Gasteiger partial charge is 0.302 e. The Morgan fingerprint density at radius 3 is 2.75 bits per heavy atom. The second-order valence-corrected chi connectivity index (χ2v) is 8.59. The molecule has 1 aliphatic heterocycles. The van der Waals surface area contributed by atoms with E-state index in [0.29, 0.717) is 6.04 Å². The van der Waals surface area contributed by atoms with Crippen molar-refractivity contribution in [3.63, 3.8) is 0 Å². The van der Waals surface area contributed by atoms with E-state index >= 15 is 0 Å². The van der Waals surface area contributed by atoms with E-state index in [4.69, 9.17) is 4.74 Å². The zero-order valence-electron chi connectivity index (χ0n) is 16.7. The van der Waals surface area contributed by atoms with Gasteiger partial charge in [0.2, 0.25) is 0 Å². The van der Waals surface area contributed by atoms with Crippen molar-refractivity contribution >= 4 is 5.97 Å². The predicted molar refractivity (Wildman–Crippen MR) is 111 cm³/mol. The standard InChI is InChI=1S/C25H29NO2/c1-17(27)28-19-7-5-15-26(16-19)25-10-4-9-21-23-12-11-18-6-2-3-8-20(18)22(23)13-14-24(21)25/h2-3,6,8,13-14,19,25H,4-5,7,9-12,15-16H2,1H3. The first-order chi connectivity index (χ1) is 13.7.